The molecule has 1 amide bonds. The monoisotopic (exact) mass is 301 g/mol. The second-order valence-corrected chi connectivity index (χ2v) is 5.11. The number of aromatic amines is 1. The zero-order valence-electron chi connectivity index (χ0n) is 9.70. The summed E-state index contributed by atoms with van der Waals surface area (Å²) in [4.78, 5) is 16.8. The molecule has 0 saturated carbocycles. The fourth-order valence-corrected chi connectivity index (χ4v) is 2.13. The number of likely N-dealkylation sites (N-methyl/N-ethyl adjacent to an activating group) is 1. The highest BCUT2D eigenvalue weighted by atomic mass is 79.9. The minimum atomic E-state index is -0.104. The van der Waals surface area contributed by atoms with Crippen molar-refractivity contribution in [3.63, 3.8) is 0 Å². The number of carbonyl (C=O) groups excluding carboxylic acids is 1. The molecule has 0 aromatic carbocycles. The number of aromatic nitrogens is 1. The average Bonchev–Trinajstić information content (AvgIpc) is 2.73. The number of carbonyl (C=O) groups is 1. The Morgan fingerprint density at radius 1 is 1.76 bits per heavy atom. The van der Waals surface area contributed by atoms with Crippen molar-refractivity contribution in [2.24, 2.45) is 0 Å². The van der Waals surface area contributed by atoms with Gasteiger partial charge in [0.2, 0.25) is 0 Å². The van der Waals surface area contributed by atoms with Gasteiger partial charge in [-0.1, -0.05) is 0 Å². The second-order valence-electron chi connectivity index (χ2n) is 4.20. The maximum atomic E-state index is 11.7. The van der Waals surface area contributed by atoms with Crippen LogP contribution in [0.5, 0.6) is 0 Å². The first-order chi connectivity index (χ1) is 8.15. The fraction of sp³-hybridized carbons (Fsp3) is 0.545. The zero-order valence-corrected chi connectivity index (χ0v) is 11.3. The minimum absolute atomic E-state index is 0.0797. The summed E-state index contributed by atoms with van der Waals surface area (Å²) in [5.74, 6) is -0.104. The van der Waals surface area contributed by atoms with Gasteiger partial charge in [-0.15, -0.1) is 0 Å². The van der Waals surface area contributed by atoms with Crippen LogP contribution in [0.25, 0.3) is 0 Å². The normalized spacial score (nSPS) is 21.4. The number of hydrogen-bond acceptors (Lipinski definition) is 3. The third-order valence-electron chi connectivity index (χ3n) is 2.72. The number of hydrogen-bond donors (Lipinski definition) is 2. The van der Waals surface area contributed by atoms with Crippen LogP contribution < -0.4 is 5.32 Å². The first-order valence-electron chi connectivity index (χ1n) is 5.57. The summed E-state index contributed by atoms with van der Waals surface area (Å²) in [7, 11) is 2.05. The summed E-state index contributed by atoms with van der Waals surface area (Å²) < 4.78 is 6.44. The molecule has 1 atom stereocenters. The van der Waals surface area contributed by atoms with E-state index in [-0.39, 0.29) is 12.0 Å². The maximum absolute atomic E-state index is 11.7. The van der Waals surface area contributed by atoms with E-state index in [9.17, 15) is 4.79 Å². The predicted octanol–water partition coefficient (Wildman–Crippen LogP) is 0.838. The summed E-state index contributed by atoms with van der Waals surface area (Å²) in [6.45, 7) is 3.08. The van der Waals surface area contributed by atoms with E-state index < -0.39 is 0 Å². The first-order valence-corrected chi connectivity index (χ1v) is 6.36. The lowest BCUT2D eigenvalue weighted by atomic mass is 10.2. The van der Waals surface area contributed by atoms with Gasteiger partial charge in [0, 0.05) is 30.3 Å². The molecule has 2 rings (SSSR count). The van der Waals surface area contributed by atoms with Crippen molar-refractivity contribution < 1.29 is 9.53 Å². The molecule has 2 N–H and O–H groups in total. The molecule has 5 nitrogen and oxygen atoms in total. The lowest BCUT2D eigenvalue weighted by Gasteiger charge is -2.30. The Morgan fingerprint density at radius 3 is 3.24 bits per heavy atom. The van der Waals surface area contributed by atoms with Gasteiger partial charge in [0.15, 0.2) is 0 Å². The van der Waals surface area contributed by atoms with Gasteiger partial charge in [-0.25, -0.2) is 0 Å². The Bertz CT molecular complexity index is 394. The third-order valence-corrected chi connectivity index (χ3v) is 3.18. The highest BCUT2D eigenvalue weighted by Crippen LogP contribution is 2.10. The van der Waals surface area contributed by atoms with Crippen molar-refractivity contribution >= 4 is 21.8 Å². The number of nitrogens with one attached hydrogen (secondary N) is 2. The molecule has 6 heteroatoms. The van der Waals surface area contributed by atoms with E-state index >= 15 is 0 Å². The minimum Gasteiger partial charge on any atom is -0.374 e. The number of nitrogens with zero attached hydrogens (tertiary/aromatic N) is 1. The van der Waals surface area contributed by atoms with Gasteiger partial charge in [-0.2, -0.15) is 0 Å². The smallest absolute Gasteiger partial charge is 0.267 e. The van der Waals surface area contributed by atoms with E-state index in [0.717, 1.165) is 24.2 Å². The Hall–Kier alpha value is -0.850. The Kier molecular flexibility index (Phi) is 4.20. The summed E-state index contributed by atoms with van der Waals surface area (Å²) in [6.07, 6.45) is 1.82. The van der Waals surface area contributed by atoms with Crippen LogP contribution in [0.15, 0.2) is 16.7 Å². The number of H-pyrrole nitrogens is 1. The molecule has 1 saturated heterocycles. The number of amides is 1. The molecule has 94 valence electrons. The van der Waals surface area contributed by atoms with Crippen LogP contribution in [0, 0.1) is 0 Å². The predicted molar refractivity (Wildman–Crippen MR) is 68.1 cm³/mol. The summed E-state index contributed by atoms with van der Waals surface area (Å²) in [6, 6.07) is 1.75. The lowest BCUT2D eigenvalue weighted by molar-refractivity contribution is -0.0175. The number of ether oxygens (including phenoxy) is 1. The summed E-state index contributed by atoms with van der Waals surface area (Å²) in [5, 5.41) is 2.86. The molecule has 0 spiro atoms. The van der Waals surface area contributed by atoms with Crippen molar-refractivity contribution in [3.8, 4) is 0 Å². The lowest BCUT2D eigenvalue weighted by Crippen LogP contribution is -2.45. The number of halogens is 1. The Labute approximate surface area is 109 Å². The van der Waals surface area contributed by atoms with E-state index in [0.29, 0.717) is 12.2 Å². The van der Waals surface area contributed by atoms with Gasteiger partial charge in [-0.05, 0) is 29.0 Å². The van der Waals surface area contributed by atoms with Gasteiger partial charge in [-0.3, -0.25) is 4.79 Å². The number of rotatable bonds is 3. The molecule has 1 aromatic heterocycles. The van der Waals surface area contributed by atoms with E-state index in [1.165, 1.54) is 0 Å². The molecule has 1 aliphatic rings. The molecular weight excluding hydrogens is 286 g/mol. The van der Waals surface area contributed by atoms with Crippen LogP contribution in [-0.2, 0) is 4.74 Å². The van der Waals surface area contributed by atoms with Crippen molar-refractivity contribution in [2.45, 2.75) is 6.10 Å². The van der Waals surface area contributed by atoms with Gasteiger partial charge >= 0.3 is 0 Å². The SMILES string of the molecule is CN1CCOC(CNC(=O)c2cc(Br)c[nH]2)C1. The molecule has 1 aromatic rings. The third kappa shape index (κ3) is 3.55. The maximum Gasteiger partial charge on any atom is 0.267 e. The molecule has 0 aliphatic carbocycles. The Morgan fingerprint density at radius 2 is 2.59 bits per heavy atom. The van der Waals surface area contributed by atoms with Gasteiger partial charge < -0.3 is 19.9 Å². The van der Waals surface area contributed by atoms with E-state index in [1.807, 2.05) is 0 Å². The number of morpholine rings is 1. The standard InChI is InChI=1S/C11H16BrN3O2/c1-15-2-3-17-9(7-15)6-14-11(16)10-4-8(12)5-13-10/h4-5,9,13H,2-3,6-7H2,1H3,(H,14,16). The van der Waals surface area contributed by atoms with Crippen molar-refractivity contribution in [2.75, 3.05) is 33.3 Å². The quantitative estimate of drug-likeness (QED) is 0.870. The van der Waals surface area contributed by atoms with Gasteiger partial charge in [0.25, 0.3) is 5.91 Å². The largest absolute Gasteiger partial charge is 0.374 e. The molecule has 2 heterocycles. The topological polar surface area (TPSA) is 57.4 Å². The molecule has 17 heavy (non-hydrogen) atoms. The molecule has 1 unspecified atom stereocenters. The molecule has 1 fully saturated rings. The Balaban J connectivity index is 1.80. The van der Waals surface area contributed by atoms with Crippen LogP contribution >= 0.6 is 15.9 Å². The molecule has 0 radical (unpaired) electrons. The summed E-state index contributed by atoms with van der Waals surface area (Å²) >= 11 is 3.29. The van der Waals surface area contributed by atoms with E-state index in [4.69, 9.17) is 4.74 Å². The highest BCUT2D eigenvalue weighted by Gasteiger charge is 2.18. The average molecular weight is 302 g/mol. The van der Waals surface area contributed by atoms with Gasteiger partial charge in [0.1, 0.15) is 5.69 Å². The van der Waals surface area contributed by atoms with Crippen LogP contribution in [0.2, 0.25) is 0 Å². The molecule has 0 bridgehead atoms. The molecule has 1 aliphatic heterocycles. The van der Waals surface area contributed by atoms with Gasteiger partial charge in [0.05, 0.1) is 12.7 Å². The second kappa shape index (κ2) is 5.66. The zero-order chi connectivity index (χ0) is 12.3. The van der Waals surface area contributed by atoms with E-state index in [1.54, 1.807) is 12.3 Å². The summed E-state index contributed by atoms with van der Waals surface area (Å²) in [5.41, 5.74) is 0.557. The first kappa shape index (κ1) is 12.6. The molecular formula is C11H16BrN3O2. The fourth-order valence-electron chi connectivity index (χ4n) is 1.79. The van der Waals surface area contributed by atoms with Crippen LogP contribution in [0.4, 0.5) is 0 Å². The van der Waals surface area contributed by atoms with Crippen LogP contribution in [0.1, 0.15) is 10.5 Å². The van der Waals surface area contributed by atoms with Crippen LogP contribution in [0.3, 0.4) is 0 Å². The van der Waals surface area contributed by atoms with E-state index in [2.05, 4.69) is 38.2 Å². The van der Waals surface area contributed by atoms with Crippen molar-refractivity contribution in [1.82, 2.24) is 15.2 Å². The van der Waals surface area contributed by atoms with Crippen LogP contribution in [-0.4, -0.2) is 55.2 Å². The highest BCUT2D eigenvalue weighted by molar-refractivity contribution is 9.10. The van der Waals surface area contributed by atoms with Crippen molar-refractivity contribution in [1.29, 1.82) is 0 Å². The van der Waals surface area contributed by atoms with Crippen molar-refractivity contribution in [3.05, 3.63) is 22.4 Å².